The SMILES string of the molecule is CC(=C(C#N)C(=O)O)C1CC1. The summed E-state index contributed by atoms with van der Waals surface area (Å²) < 4.78 is 0. The van der Waals surface area contributed by atoms with Crippen molar-refractivity contribution in [1.82, 2.24) is 0 Å². The number of carboxylic acids is 1. The molecule has 1 aliphatic carbocycles. The normalized spacial score (nSPS) is 18.5. The Hall–Kier alpha value is -1.30. The standard InChI is InChI=1S/C8H9NO2/c1-5(6-2-3-6)7(4-9)8(10)11/h6H,2-3H2,1H3,(H,10,11). The molecule has 0 heterocycles. The van der Waals surface area contributed by atoms with Gasteiger partial charge >= 0.3 is 5.97 Å². The zero-order valence-electron chi connectivity index (χ0n) is 6.29. The summed E-state index contributed by atoms with van der Waals surface area (Å²) in [6.07, 6.45) is 2.06. The number of nitriles is 1. The van der Waals surface area contributed by atoms with Crippen molar-refractivity contribution < 1.29 is 9.90 Å². The number of nitrogens with zero attached hydrogens (tertiary/aromatic N) is 1. The van der Waals surface area contributed by atoms with Gasteiger partial charge in [-0.25, -0.2) is 4.79 Å². The van der Waals surface area contributed by atoms with Crippen LogP contribution in [0.5, 0.6) is 0 Å². The molecule has 0 saturated heterocycles. The Kier molecular flexibility index (Phi) is 1.95. The average molecular weight is 151 g/mol. The van der Waals surface area contributed by atoms with Gasteiger partial charge in [0.1, 0.15) is 11.6 Å². The zero-order valence-corrected chi connectivity index (χ0v) is 6.29. The molecular weight excluding hydrogens is 142 g/mol. The second kappa shape index (κ2) is 2.75. The molecule has 3 heteroatoms. The van der Waals surface area contributed by atoms with Crippen LogP contribution >= 0.6 is 0 Å². The van der Waals surface area contributed by atoms with Gasteiger partial charge < -0.3 is 5.11 Å². The lowest BCUT2D eigenvalue weighted by Crippen LogP contribution is -2.01. The highest BCUT2D eigenvalue weighted by Crippen LogP contribution is 2.37. The number of hydrogen-bond acceptors (Lipinski definition) is 2. The Labute approximate surface area is 64.9 Å². The second-order valence-electron chi connectivity index (χ2n) is 2.75. The molecule has 0 aromatic heterocycles. The van der Waals surface area contributed by atoms with Crippen molar-refractivity contribution in [3.63, 3.8) is 0 Å². The third-order valence-electron chi connectivity index (χ3n) is 1.91. The first kappa shape index (κ1) is 7.80. The Morgan fingerprint density at radius 2 is 2.18 bits per heavy atom. The third-order valence-corrected chi connectivity index (χ3v) is 1.91. The van der Waals surface area contributed by atoms with Crippen molar-refractivity contribution >= 4 is 5.97 Å². The first-order valence-electron chi connectivity index (χ1n) is 3.51. The minimum atomic E-state index is -1.10. The molecule has 3 nitrogen and oxygen atoms in total. The van der Waals surface area contributed by atoms with E-state index in [0.717, 1.165) is 18.4 Å². The van der Waals surface area contributed by atoms with E-state index in [0.29, 0.717) is 5.92 Å². The monoisotopic (exact) mass is 151 g/mol. The molecule has 0 radical (unpaired) electrons. The van der Waals surface area contributed by atoms with Crippen molar-refractivity contribution in [3.8, 4) is 6.07 Å². The summed E-state index contributed by atoms with van der Waals surface area (Å²) in [7, 11) is 0. The van der Waals surface area contributed by atoms with Gasteiger partial charge in [0.15, 0.2) is 0 Å². The van der Waals surface area contributed by atoms with Crippen LogP contribution in [0.15, 0.2) is 11.1 Å². The molecule has 11 heavy (non-hydrogen) atoms. The van der Waals surface area contributed by atoms with Crippen LogP contribution in [-0.4, -0.2) is 11.1 Å². The quantitative estimate of drug-likeness (QED) is 0.478. The van der Waals surface area contributed by atoms with Crippen molar-refractivity contribution in [3.05, 3.63) is 11.1 Å². The Morgan fingerprint density at radius 3 is 2.45 bits per heavy atom. The minimum Gasteiger partial charge on any atom is -0.477 e. The van der Waals surface area contributed by atoms with Gasteiger partial charge in [-0.3, -0.25) is 0 Å². The predicted molar refractivity (Wildman–Crippen MR) is 38.7 cm³/mol. The Morgan fingerprint density at radius 1 is 1.64 bits per heavy atom. The molecule has 58 valence electrons. The van der Waals surface area contributed by atoms with Crippen LogP contribution in [0.4, 0.5) is 0 Å². The van der Waals surface area contributed by atoms with Crippen LogP contribution in [-0.2, 0) is 4.79 Å². The van der Waals surface area contributed by atoms with E-state index >= 15 is 0 Å². The van der Waals surface area contributed by atoms with Crippen molar-refractivity contribution in [2.75, 3.05) is 0 Å². The highest BCUT2D eigenvalue weighted by atomic mass is 16.4. The molecule has 1 fully saturated rings. The predicted octanol–water partition coefficient (Wildman–Crippen LogP) is 1.32. The van der Waals surface area contributed by atoms with E-state index in [1.54, 1.807) is 13.0 Å². The summed E-state index contributed by atoms with van der Waals surface area (Å²) in [6.45, 7) is 1.73. The maximum absolute atomic E-state index is 10.4. The van der Waals surface area contributed by atoms with E-state index in [-0.39, 0.29) is 5.57 Å². The highest BCUT2D eigenvalue weighted by molar-refractivity contribution is 5.92. The maximum atomic E-state index is 10.4. The van der Waals surface area contributed by atoms with Crippen LogP contribution in [0.3, 0.4) is 0 Å². The fourth-order valence-corrected chi connectivity index (χ4v) is 1.03. The molecule has 1 saturated carbocycles. The average Bonchev–Trinajstić information content (AvgIpc) is 2.68. The van der Waals surface area contributed by atoms with Crippen LogP contribution < -0.4 is 0 Å². The van der Waals surface area contributed by atoms with E-state index in [1.807, 2.05) is 0 Å². The first-order chi connectivity index (χ1) is 5.16. The molecule has 0 aromatic rings. The zero-order chi connectivity index (χ0) is 8.43. The highest BCUT2D eigenvalue weighted by Gasteiger charge is 2.27. The number of hydrogen-bond donors (Lipinski definition) is 1. The minimum absolute atomic E-state index is 0.0764. The molecular formula is C8H9NO2. The van der Waals surface area contributed by atoms with E-state index in [9.17, 15) is 4.79 Å². The molecule has 1 rings (SSSR count). The molecule has 0 spiro atoms. The van der Waals surface area contributed by atoms with Gasteiger partial charge in [0.25, 0.3) is 0 Å². The summed E-state index contributed by atoms with van der Waals surface area (Å²) in [6, 6.07) is 1.70. The van der Waals surface area contributed by atoms with Gasteiger partial charge in [0.05, 0.1) is 0 Å². The topological polar surface area (TPSA) is 61.1 Å². The summed E-state index contributed by atoms with van der Waals surface area (Å²) in [5.41, 5.74) is 0.660. The largest absolute Gasteiger partial charge is 0.477 e. The molecule has 0 bridgehead atoms. The van der Waals surface area contributed by atoms with Crippen LogP contribution in [0, 0.1) is 17.2 Å². The summed E-state index contributed by atoms with van der Waals surface area (Å²) >= 11 is 0. The molecule has 1 N–H and O–H groups in total. The lowest BCUT2D eigenvalue weighted by molar-refractivity contribution is -0.132. The van der Waals surface area contributed by atoms with Crippen molar-refractivity contribution in [1.29, 1.82) is 5.26 Å². The second-order valence-corrected chi connectivity index (χ2v) is 2.75. The van der Waals surface area contributed by atoms with Crippen LogP contribution in [0.2, 0.25) is 0 Å². The number of aliphatic carboxylic acids is 1. The van der Waals surface area contributed by atoms with Crippen molar-refractivity contribution in [2.24, 2.45) is 5.92 Å². The van der Waals surface area contributed by atoms with Gasteiger partial charge in [-0.15, -0.1) is 0 Å². The lowest BCUT2D eigenvalue weighted by Gasteiger charge is -1.96. The summed E-state index contributed by atoms with van der Waals surface area (Å²) in [5, 5.41) is 17.0. The van der Waals surface area contributed by atoms with Gasteiger partial charge in [0, 0.05) is 0 Å². The van der Waals surface area contributed by atoms with Gasteiger partial charge in [-0.2, -0.15) is 5.26 Å². The number of carboxylic acid groups (broad SMARTS) is 1. The third kappa shape index (κ3) is 1.58. The molecule has 0 atom stereocenters. The van der Waals surface area contributed by atoms with Gasteiger partial charge in [-0.05, 0) is 31.3 Å². The van der Waals surface area contributed by atoms with Gasteiger partial charge in [0.2, 0.25) is 0 Å². The fourth-order valence-electron chi connectivity index (χ4n) is 1.03. The molecule has 1 aliphatic rings. The molecule has 0 aromatic carbocycles. The number of allylic oxidation sites excluding steroid dienone is 1. The maximum Gasteiger partial charge on any atom is 0.346 e. The Balaban J connectivity index is 2.88. The number of rotatable bonds is 2. The molecule has 0 aliphatic heterocycles. The Bertz CT molecular complexity index is 256. The van der Waals surface area contributed by atoms with E-state index in [1.165, 1.54) is 0 Å². The van der Waals surface area contributed by atoms with Gasteiger partial charge in [-0.1, -0.05) is 0 Å². The summed E-state index contributed by atoms with van der Waals surface area (Å²) in [4.78, 5) is 10.4. The number of carbonyl (C=O) groups is 1. The fraction of sp³-hybridized carbons (Fsp3) is 0.500. The van der Waals surface area contributed by atoms with Crippen LogP contribution in [0.25, 0.3) is 0 Å². The molecule has 0 unspecified atom stereocenters. The van der Waals surface area contributed by atoms with E-state index < -0.39 is 5.97 Å². The first-order valence-corrected chi connectivity index (χ1v) is 3.51. The molecule has 0 amide bonds. The smallest absolute Gasteiger partial charge is 0.346 e. The van der Waals surface area contributed by atoms with E-state index in [2.05, 4.69) is 0 Å². The lowest BCUT2D eigenvalue weighted by atomic mass is 10.1. The summed E-state index contributed by atoms with van der Waals surface area (Å²) in [5.74, 6) is -0.738. The van der Waals surface area contributed by atoms with Crippen molar-refractivity contribution in [2.45, 2.75) is 19.8 Å². The van der Waals surface area contributed by atoms with Crippen LogP contribution in [0.1, 0.15) is 19.8 Å². The van der Waals surface area contributed by atoms with E-state index in [4.69, 9.17) is 10.4 Å².